The van der Waals surface area contributed by atoms with E-state index in [-0.39, 0.29) is 34.1 Å². The van der Waals surface area contributed by atoms with Gasteiger partial charge in [-0.2, -0.15) is 0 Å². The van der Waals surface area contributed by atoms with Crippen molar-refractivity contribution in [2.45, 2.75) is 291 Å². The molecule has 333 valence electrons. The smallest absolute Gasteiger partial charge is 1.00 e. The van der Waals surface area contributed by atoms with Gasteiger partial charge in [-0.05, 0) is 6.42 Å². The summed E-state index contributed by atoms with van der Waals surface area (Å²) in [7, 11) is 0. The van der Waals surface area contributed by atoms with Gasteiger partial charge in [0.25, 0.3) is 0 Å². The van der Waals surface area contributed by atoms with Gasteiger partial charge in [0.1, 0.15) is 0 Å². The molecule has 1 N–H and O–H groups in total. The molecule has 0 amide bonds. The van der Waals surface area contributed by atoms with Crippen molar-refractivity contribution in [3.8, 4) is 0 Å². The van der Waals surface area contributed by atoms with E-state index >= 15 is 0 Å². The Morgan fingerprint density at radius 1 is 0.236 bits per heavy atom. The molecule has 1 radical (unpaired) electrons. The SMILES string of the molecule is CCCCCCCCCCO.CCCCCCCCCC[N-]CCCCCCCCCC.CCCCCCCCCC[N-]CCCCCCCCCC.[Cl-].[Ti+3]. The molecule has 0 bridgehead atoms. The second kappa shape index (κ2) is 69.5. The Morgan fingerprint density at radius 3 is 0.545 bits per heavy atom. The molecule has 0 saturated heterocycles. The monoisotopic (exact) mass is 834 g/mol. The molecule has 0 atom stereocenters. The summed E-state index contributed by atoms with van der Waals surface area (Å²) in [6, 6.07) is 0. The molecular weight excluding hydrogens is 728 g/mol. The average Bonchev–Trinajstić information content (AvgIpc) is 3.17. The molecule has 0 aliphatic rings. The zero-order chi connectivity index (χ0) is 39.2. The molecular formula is C50H106ClN2OTi. The van der Waals surface area contributed by atoms with Crippen molar-refractivity contribution in [1.29, 1.82) is 0 Å². The number of unbranched alkanes of at least 4 members (excludes halogenated alkanes) is 35. The molecule has 5 heteroatoms. The van der Waals surface area contributed by atoms with E-state index in [4.69, 9.17) is 5.11 Å². The third-order valence-electron chi connectivity index (χ3n) is 10.7. The summed E-state index contributed by atoms with van der Waals surface area (Å²) in [6.07, 6.45) is 55.4. The third kappa shape index (κ3) is 76.2. The molecule has 0 saturated carbocycles. The van der Waals surface area contributed by atoms with E-state index in [2.05, 4.69) is 45.3 Å². The van der Waals surface area contributed by atoms with E-state index < -0.39 is 0 Å². The second-order valence-corrected chi connectivity index (χ2v) is 16.4. The van der Waals surface area contributed by atoms with Gasteiger partial charge in [0.05, 0.1) is 0 Å². The topological polar surface area (TPSA) is 48.4 Å². The maximum Gasteiger partial charge on any atom is 3.00 e. The minimum absolute atomic E-state index is 0. The Balaban J connectivity index is -0.000000234. The second-order valence-electron chi connectivity index (χ2n) is 16.4. The number of hydrogen-bond acceptors (Lipinski definition) is 1. The third-order valence-corrected chi connectivity index (χ3v) is 10.7. The minimum atomic E-state index is 0. The predicted octanol–water partition coefficient (Wildman–Crippen LogP) is 15.4. The van der Waals surface area contributed by atoms with Gasteiger partial charge in [-0.15, -0.1) is 26.2 Å². The molecule has 3 nitrogen and oxygen atoms in total. The molecule has 0 rings (SSSR count). The first-order valence-corrected chi connectivity index (χ1v) is 25.1. The first-order valence-electron chi connectivity index (χ1n) is 25.1. The van der Waals surface area contributed by atoms with Crippen molar-refractivity contribution in [3.05, 3.63) is 10.6 Å². The summed E-state index contributed by atoms with van der Waals surface area (Å²) in [6.45, 7) is 16.2. The first kappa shape index (κ1) is 65.0. The van der Waals surface area contributed by atoms with Crippen LogP contribution in [0.1, 0.15) is 291 Å². The van der Waals surface area contributed by atoms with Crippen LogP contribution in [0.25, 0.3) is 10.6 Å². The molecule has 0 aliphatic carbocycles. The van der Waals surface area contributed by atoms with E-state index in [9.17, 15) is 0 Å². The van der Waals surface area contributed by atoms with Crippen molar-refractivity contribution < 1.29 is 39.2 Å². The molecule has 55 heavy (non-hydrogen) atoms. The van der Waals surface area contributed by atoms with E-state index in [1.807, 2.05) is 0 Å². The standard InChI is InChI=1S/2C20H42N.C10H22O.ClH.Ti/c2*1-3-5-7-9-11-13-15-17-19-21-20-18-16-14-12-10-8-6-4-2;1-2-3-4-5-6-7-8-9-10-11;;/h2*3-20H2,1-2H3;11H,2-10H2,1H3;1H;/q2*-1;;;+3/p-1. The van der Waals surface area contributed by atoms with Crippen LogP contribution >= 0.6 is 0 Å². The van der Waals surface area contributed by atoms with Gasteiger partial charge in [-0.1, -0.05) is 285 Å². The number of aliphatic hydroxyl groups excluding tert-OH is 1. The van der Waals surface area contributed by atoms with Crippen molar-refractivity contribution in [2.75, 3.05) is 32.8 Å². The van der Waals surface area contributed by atoms with Gasteiger partial charge in [0.2, 0.25) is 0 Å². The van der Waals surface area contributed by atoms with Crippen LogP contribution in [-0.2, 0) is 21.7 Å². The van der Waals surface area contributed by atoms with Gasteiger partial charge in [0.15, 0.2) is 0 Å². The minimum Gasteiger partial charge on any atom is -1.00 e. The Bertz CT molecular complexity index is 474. The summed E-state index contributed by atoms with van der Waals surface area (Å²) in [5.74, 6) is 0. The van der Waals surface area contributed by atoms with E-state index in [0.717, 1.165) is 32.6 Å². The average molecular weight is 835 g/mol. The van der Waals surface area contributed by atoms with Crippen molar-refractivity contribution in [1.82, 2.24) is 0 Å². The number of halogens is 1. The zero-order valence-electron chi connectivity index (χ0n) is 39.0. The van der Waals surface area contributed by atoms with Crippen LogP contribution in [0.4, 0.5) is 0 Å². The van der Waals surface area contributed by atoms with E-state index in [1.54, 1.807) is 0 Å². The molecule has 0 fully saturated rings. The number of hydrogen-bond donors (Lipinski definition) is 1. The predicted molar refractivity (Wildman–Crippen MR) is 246 cm³/mol. The summed E-state index contributed by atoms with van der Waals surface area (Å²) in [5, 5.41) is 17.8. The molecule has 0 aliphatic heterocycles. The Hall–Kier alpha value is 0.884. The Kier molecular flexibility index (Phi) is 82.2. The number of aliphatic hydroxyl groups is 1. The van der Waals surface area contributed by atoms with Crippen molar-refractivity contribution in [2.24, 2.45) is 0 Å². The maximum atomic E-state index is 8.51. The van der Waals surface area contributed by atoms with Gasteiger partial charge in [0, 0.05) is 6.61 Å². The van der Waals surface area contributed by atoms with Crippen LogP contribution in [0, 0.1) is 0 Å². The van der Waals surface area contributed by atoms with Gasteiger partial charge in [-0.3, -0.25) is 0 Å². The van der Waals surface area contributed by atoms with Crippen LogP contribution in [-0.4, -0.2) is 37.9 Å². The van der Waals surface area contributed by atoms with Crippen LogP contribution in [0.3, 0.4) is 0 Å². The van der Waals surface area contributed by atoms with Crippen LogP contribution in [0.2, 0.25) is 0 Å². The molecule has 0 aromatic carbocycles. The Morgan fingerprint density at radius 2 is 0.382 bits per heavy atom. The quantitative estimate of drug-likeness (QED) is 0.0482. The van der Waals surface area contributed by atoms with Gasteiger partial charge < -0.3 is 28.1 Å². The summed E-state index contributed by atoms with van der Waals surface area (Å²) in [4.78, 5) is 0. The normalized spacial score (nSPS) is 10.6. The zero-order valence-corrected chi connectivity index (χ0v) is 41.4. The Labute approximate surface area is 372 Å². The molecule has 0 heterocycles. The van der Waals surface area contributed by atoms with Crippen LogP contribution in [0.15, 0.2) is 0 Å². The van der Waals surface area contributed by atoms with Crippen molar-refractivity contribution in [3.63, 3.8) is 0 Å². The van der Waals surface area contributed by atoms with Crippen molar-refractivity contribution >= 4 is 0 Å². The number of rotatable bonds is 44. The summed E-state index contributed by atoms with van der Waals surface area (Å²) >= 11 is 0. The molecule has 0 aromatic heterocycles. The van der Waals surface area contributed by atoms with Gasteiger partial charge >= 0.3 is 21.7 Å². The number of nitrogens with zero attached hydrogens (tertiary/aromatic N) is 2. The first-order chi connectivity index (χ1) is 26.2. The summed E-state index contributed by atoms with van der Waals surface area (Å²) < 4.78 is 0. The summed E-state index contributed by atoms with van der Waals surface area (Å²) in [5.41, 5.74) is 0. The van der Waals surface area contributed by atoms with Crippen LogP contribution in [0.5, 0.6) is 0 Å². The largest absolute Gasteiger partial charge is 3.00 e. The van der Waals surface area contributed by atoms with Crippen LogP contribution < -0.4 is 12.4 Å². The molecule has 0 unspecified atom stereocenters. The maximum absolute atomic E-state index is 8.51. The fourth-order valence-electron chi connectivity index (χ4n) is 6.90. The molecule has 0 aromatic rings. The fourth-order valence-corrected chi connectivity index (χ4v) is 6.90. The fraction of sp³-hybridized carbons (Fsp3) is 1.00. The van der Waals surface area contributed by atoms with E-state index in [1.165, 1.54) is 250 Å². The van der Waals surface area contributed by atoms with E-state index in [0.29, 0.717) is 6.61 Å². The molecule has 0 spiro atoms. The van der Waals surface area contributed by atoms with Gasteiger partial charge in [-0.25, -0.2) is 0 Å².